The first-order valence-electron chi connectivity index (χ1n) is 9.33. The molecule has 2 aromatic carbocycles. The first kappa shape index (κ1) is 19.0. The van der Waals surface area contributed by atoms with Crippen molar-refractivity contribution in [1.82, 2.24) is 0 Å². The number of hydrogen-bond donors (Lipinski definition) is 1. The van der Waals surface area contributed by atoms with Gasteiger partial charge >= 0.3 is 0 Å². The molecule has 0 saturated carbocycles. The number of carbonyl (C=O) groups is 2. The monoisotopic (exact) mass is 367 g/mol. The van der Waals surface area contributed by atoms with Crippen LogP contribution in [0.15, 0.2) is 42.5 Å². The Hall–Kier alpha value is -2.82. The van der Waals surface area contributed by atoms with E-state index in [1.807, 2.05) is 24.3 Å². The Labute approximate surface area is 159 Å². The lowest BCUT2D eigenvalue weighted by Gasteiger charge is -2.19. The lowest BCUT2D eigenvalue weighted by atomic mass is 9.99. The Morgan fingerprint density at radius 2 is 1.67 bits per heavy atom. The van der Waals surface area contributed by atoms with Gasteiger partial charge in [-0.15, -0.1) is 0 Å². The molecule has 27 heavy (non-hydrogen) atoms. The third kappa shape index (κ3) is 5.33. The highest BCUT2D eigenvalue weighted by Crippen LogP contribution is 2.32. The first-order chi connectivity index (χ1) is 13.0. The maximum Gasteiger partial charge on any atom is 0.224 e. The van der Waals surface area contributed by atoms with Crippen LogP contribution in [0.2, 0.25) is 0 Å². The van der Waals surface area contributed by atoms with Crippen LogP contribution in [0.1, 0.15) is 42.6 Å². The van der Waals surface area contributed by atoms with Crippen LogP contribution < -0.4 is 14.8 Å². The van der Waals surface area contributed by atoms with Crippen LogP contribution in [0.4, 0.5) is 5.69 Å². The van der Waals surface area contributed by atoms with Crippen LogP contribution in [0, 0.1) is 5.92 Å². The van der Waals surface area contributed by atoms with Crippen LogP contribution in [-0.2, 0) is 11.2 Å². The van der Waals surface area contributed by atoms with Gasteiger partial charge in [0.15, 0.2) is 17.3 Å². The molecule has 0 aromatic heterocycles. The summed E-state index contributed by atoms with van der Waals surface area (Å²) in [5, 5.41) is 2.80. The predicted octanol–water partition coefficient (Wildman–Crippen LogP) is 4.26. The summed E-state index contributed by atoms with van der Waals surface area (Å²) >= 11 is 0. The highest BCUT2D eigenvalue weighted by atomic mass is 16.6. The Bertz CT molecular complexity index is 812. The van der Waals surface area contributed by atoms with Gasteiger partial charge in [-0.2, -0.15) is 0 Å². The number of carbonyl (C=O) groups excluding carboxylic acids is 2. The van der Waals surface area contributed by atoms with Gasteiger partial charge in [-0.3, -0.25) is 9.59 Å². The minimum Gasteiger partial charge on any atom is -0.486 e. The van der Waals surface area contributed by atoms with Crippen molar-refractivity contribution in [1.29, 1.82) is 0 Å². The second-order valence-corrected chi connectivity index (χ2v) is 7.12. The van der Waals surface area contributed by atoms with E-state index in [4.69, 9.17) is 9.47 Å². The van der Waals surface area contributed by atoms with E-state index in [0.29, 0.717) is 41.9 Å². The molecule has 1 amide bonds. The van der Waals surface area contributed by atoms with Gasteiger partial charge in [0.25, 0.3) is 0 Å². The smallest absolute Gasteiger partial charge is 0.224 e. The molecule has 0 spiro atoms. The third-order valence-corrected chi connectivity index (χ3v) is 4.32. The van der Waals surface area contributed by atoms with Crippen molar-refractivity contribution < 1.29 is 19.1 Å². The van der Waals surface area contributed by atoms with Gasteiger partial charge in [0.05, 0.1) is 0 Å². The molecule has 1 N–H and O–H groups in total. The number of fused-ring (bicyclic) bond motifs is 1. The van der Waals surface area contributed by atoms with Crippen LogP contribution in [-0.4, -0.2) is 24.9 Å². The zero-order valence-electron chi connectivity index (χ0n) is 15.8. The number of amides is 1. The van der Waals surface area contributed by atoms with Gasteiger partial charge in [0.2, 0.25) is 5.91 Å². The van der Waals surface area contributed by atoms with Crippen molar-refractivity contribution in [2.24, 2.45) is 5.92 Å². The summed E-state index contributed by atoms with van der Waals surface area (Å²) < 4.78 is 11.0. The average molecular weight is 367 g/mol. The van der Waals surface area contributed by atoms with Crippen molar-refractivity contribution in [3.8, 4) is 11.5 Å². The Kier molecular flexibility index (Phi) is 6.12. The molecule has 5 heteroatoms. The van der Waals surface area contributed by atoms with Crippen molar-refractivity contribution in [3.05, 3.63) is 53.6 Å². The molecular formula is C22H25NO4. The molecule has 1 aliphatic rings. The Balaban J connectivity index is 1.50. The molecule has 0 bridgehead atoms. The minimum atomic E-state index is -0.198. The fraction of sp³-hybridized carbons (Fsp3) is 0.364. The molecule has 0 radical (unpaired) electrons. The minimum absolute atomic E-state index is 0.0246. The van der Waals surface area contributed by atoms with Gasteiger partial charge < -0.3 is 14.8 Å². The number of nitrogens with one attached hydrogen (secondary N) is 1. The molecule has 0 fully saturated rings. The van der Waals surface area contributed by atoms with Crippen molar-refractivity contribution >= 4 is 17.4 Å². The number of Topliss-reactive ketones (excluding diaryl/α,β-unsaturated/α-hetero) is 1. The maximum atomic E-state index is 12.3. The van der Waals surface area contributed by atoms with E-state index in [0.717, 1.165) is 6.42 Å². The van der Waals surface area contributed by atoms with Crippen molar-refractivity contribution in [2.45, 2.75) is 33.1 Å². The van der Waals surface area contributed by atoms with E-state index < -0.39 is 0 Å². The molecule has 0 aliphatic carbocycles. The summed E-state index contributed by atoms with van der Waals surface area (Å²) in [4.78, 5) is 24.5. The molecular weight excluding hydrogens is 342 g/mol. The number of benzene rings is 2. The number of ketones is 1. The predicted molar refractivity (Wildman–Crippen MR) is 105 cm³/mol. The summed E-state index contributed by atoms with van der Waals surface area (Å²) in [5.41, 5.74) is 2.50. The largest absolute Gasteiger partial charge is 0.486 e. The standard InChI is InChI=1S/C22H25NO4/c1-15(2)13-16-3-5-17(6-4-16)19(24)8-10-22(25)23-18-7-9-20-21(14-18)27-12-11-26-20/h3-7,9,14-15H,8,10-13H2,1-2H3,(H,23,25). The van der Waals surface area contributed by atoms with Crippen molar-refractivity contribution in [2.75, 3.05) is 18.5 Å². The molecule has 2 aromatic rings. The molecule has 0 atom stereocenters. The lowest BCUT2D eigenvalue weighted by molar-refractivity contribution is -0.116. The Morgan fingerprint density at radius 3 is 2.37 bits per heavy atom. The highest BCUT2D eigenvalue weighted by molar-refractivity contribution is 6.00. The summed E-state index contributed by atoms with van der Waals surface area (Å²) in [5.74, 6) is 1.66. The summed E-state index contributed by atoms with van der Waals surface area (Å²) in [6, 6.07) is 12.9. The zero-order chi connectivity index (χ0) is 19.2. The maximum absolute atomic E-state index is 12.3. The normalized spacial score (nSPS) is 12.7. The number of hydrogen-bond acceptors (Lipinski definition) is 4. The van der Waals surface area contributed by atoms with E-state index in [2.05, 4.69) is 19.2 Å². The molecule has 1 aliphatic heterocycles. The lowest BCUT2D eigenvalue weighted by Crippen LogP contribution is -2.16. The Morgan fingerprint density at radius 1 is 0.963 bits per heavy atom. The van der Waals surface area contributed by atoms with Crippen LogP contribution in [0.25, 0.3) is 0 Å². The first-order valence-corrected chi connectivity index (χ1v) is 9.33. The van der Waals surface area contributed by atoms with Crippen LogP contribution in [0.5, 0.6) is 11.5 Å². The highest BCUT2D eigenvalue weighted by Gasteiger charge is 2.14. The molecule has 5 nitrogen and oxygen atoms in total. The summed E-state index contributed by atoms with van der Waals surface area (Å²) in [7, 11) is 0. The topological polar surface area (TPSA) is 64.6 Å². The fourth-order valence-corrected chi connectivity index (χ4v) is 3.01. The van der Waals surface area contributed by atoms with Gasteiger partial charge in [-0.05, 0) is 30.0 Å². The van der Waals surface area contributed by atoms with Crippen LogP contribution >= 0.6 is 0 Å². The number of rotatable bonds is 7. The molecule has 0 unspecified atom stereocenters. The molecule has 1 heterocycles. The second-order valence-electron chi connectivity index (χ2n) is 7.12. The van der Waals surface area contributed by atoms with Gasteiger partial charge in [0, 0.05) is 30.2 Å². The summed E-state index contributed by atoms with van der Waals surface area (Å²) in [6.07, 6.45) is 1.31. The van der Waals surface area contributed by atoms with E-state index in [1.54, 1.807) is 18.2 Å². The number of anilines is 1. The molecule has 3 rings (SSSR count). The van der Waals surface area contributed by atoms with Gasteiger partial charge in [-0.25, -0.2) is 0 Å². The zero-order valence-corrected chi connectivity index (χ0v) is 15.8. The second kappa shape index (κ2) is 8.71. The van der Waals surface area contributed by atoms with E-state index in [9.17, 15) is 9.59 Å². The van der Waals surface area contributed by atoms with E-state index in [-0.39, 0.29) is 24.5 Å². The SMILES string of the molecule is CC(C)Cc1ccc(C(=O)CCC(=O)Nc2ccc3c(c2)OCCO3)cc1. The van der Waals surface area contributed by atoms with Gasteiger partial charge in [0.1, 0.15) is 13.2 Å². The van der Waals surface area contributed by atoms with Gasteiger partial charge in [-0.1, -0.05) is 38.1 Å². The van der Waals surface area contributed by atoms with Crippen molar-refractivity contribution in [3.63, 3.8) is 0 Å². The van der Waals surface area contributed by atoms with E-state index >= 15 is 0 Å². The van der Waals surface area contributed by atoms with E-state index in [1.165, 1.54) is 5.56 Å². The quantitative estimate of drug-likeness (QED) is 0.743. The third-order valence-electron chi connectivity index (χ3n) is 4.32. The fourth-order valence-electron chi connectivity index (χ4n) is 3.01. The number of ether oxygens (including phenoxy) is 2. The van der Waals surface area contributed by atoms with Crippen LogP contribution in [0.3, 0.4) is 0 Å². The average Bonchev–Trinajstić information content (AvgIpc) is 2.66. The molecule has 0 saturated heterocycles. The summed E-state index contributed by atoms with van der Waals surface area (Å²) in [6.45, 7) is 5.35. The molecule has 142 valence electrons.